The molecule has 0 aliphatic rings. The summed E-state index contributed by atoms with van der Waals surface area (Å²) in [7, 11) is 1.70. The van der Waals surface area contributed by atoms with Crippen LogP contribution < -0.4 is 11.3 Å². The van der Waals surface area contributed by atoms with Crippen LogP contribution in [0.25, 0.3) is 0 Å². The Hall–Kier alpha value is -0.910. The zero-order chi connectivity index (χ0) is 12.7. The Kier molecular flexibility index (Phi) is 6.18. The first kappa shape index (κ1) is 14.2. The Morgan fingerprint density at radius 1 is 1.59 bits per heavy atom. The van der Waals surface area contributed by atoms with E-state index in [4.69, 9.17) is 10.6 Å². The molecular weight excluding hydrogens is 216 g/mol. The van der Waals surface area contributed by atoms with Gasteiger partial charge in [0.2, 0.25) is 0 Å². The van der Waals surface area contributed by atoms with Crippen LogP contribution >= 0.6 is 0 Å². The van der Waals surface area contributed by atoms with Gasteiger partial charge >= 0.3 is 0 Å². The van der Waals surface area contributed by atoms with Gasteiger partial charge in [-0.25, -0.2) is 0 Å². The third kappa shape index (κ3) is 4.46. The molecule has 0 radical (unpaired) electrons. The second-order valence-electron chi connectivity index (χ2n) is 4.39. The van der Waals surface area contributed by atoms with E-state index >= 15 is 0 Å². The second kappa shape index (κ2) is 7.42. The predicted molar refractivity (Wildman–Crippen MR) is 68.5 cm³/mol. The van der Waals surface area contributed by atoms with Gasteiger partial charge in [0.25, 0.3) is 0 Å². The highest BCUT2D eigenvalue weighted by Gasteiger charge is 2.11. The van der Waals surface area contributed by atoms with Crippen LogP contribution in [0.15, 0.2) is 12.3 Å². The van der Waals surface area contributed by atoms with Gasteiger partial charge in [-0.05, 0) is 25.8 Å². The highest BCUT2D eigenvalue weighted by molar-refractivity contribution is 5.02. The number of hydrazine groups is 1. The molecule has 0 saturated heterocycles. The van der Waals surface area contributed by atoms with Crippen molar-refractivity contribution in [1.29, 1.82) is 0 Å². The van der Waals surface area contributed by atoms with E-state index in [1.807, 2.05) is 10.9 Å². The highest BCUT2D eigenvalue weighted by atomic mass is 16.5. The smallest absolute Gasteiger partial charge is 0.0640 e. The van der Waals surface area contributed by atoms with E-state index in [1.54, 1.807) is 7.11 Å². The van der Waals surface area contributed by atoms with Crippen molar-refractivity contribution in [3.63, 3.8) is 0 Å². The van der Waals surface area contributed by atoms with E-state index in [1.165, 1.54) is 0 Å². The zero-order valence-electron chi connectivity index (χ0n) is 11.0. The molecule has 0 bridgehead atoms. The normalized spacial score (nSPS) is 14.8. The minimum Gasteiger partial charge on any atom is -0.385 e. The molecule has 98 valence electrons. The molecule has 1 aromatic heterocycles. The van der Waals surface area contributed by atoms with Gasteiger partial charge in [0.15, 0.2) is 0 Å². The fourth-order valence-electron chi connectivity index (χ4n) is 1.68. The third-order valence-corrected chi connectivity index (χ3v) is 3.07. The molecule has 0 aromatic carbocycles. The maximum Gasteiger partial charge on any atom is 0.0640 e. The number of methoxy groups -OCH3 is 1. The third-order valence-electron chi connectivity index (χ3n) is 3.07. The molecule has 1 rings (SSSR count). The Labute approximate surface area is 103 Å². The van der Waals surface area contributed by atoms with Gasteiger partial charge in [0.05, 0.1) is 5.69 Å². The highest BCUT2D eigenvalue weighted by Crippen LogP contribution is 2.10. The largest absolute Gasteiger partial charge is 0.385 e. The summed E-state index contributed by atoms with van der Waals surface area (Å²) in [6.45, 7) is 5.04. The molecule has 2 atom stereocenters. The number of nitrogens with one attached hydrogen (secondary N) is 1. The minimum absolute atomic E-state index is 0.218. The molecule has 1 aromatic rings. The van der Waals surface area contributed by atoms with Gasteiger partial charge in [0, 0.05) is 38.4 Å². The van der Waals surface area contributed by atoms with Gasteiger partial charge in [-0.15, -0.1) is 0 Å². The number of rotatable bonds is 8. The Balaban J connectivity index is 2.52. The standard InChI is InChI=1S/C12H24N4O/c1-4-10(2)16-7-5-12(15-16)9-11(14-13)6-8-17-3/h5,7,10-11,14H,4,6,8-9,13H2,1-3H3. The van der Waals surface area contributed by atoms with Crippen molar-refractivity contribution >= 4 is 0 Å². The lowest BCUT2D eigenvalue weighted by Gasteiger charge is -2.14. The number of ether oxygens (including phenoxy) is 1. The lowest BCUT2D eigenvalue weighted by atomic mass is 10.1. The summed E-state index contributed by atoms with van der Waals surface area (Å²) in [4.78, 5) is 0. The lowest BCUT2D eigenvalue weighted by Crippen LogP contribution is -2.37. The molecule has 2 unspecified atom stereocenters. The van der Waals surface area contributed by atoms with Crippen LogP contribution in [0, 0.1) is 0 Å². The van der Waals surface area contributed by atoms with E-state index in [9.17, 15) is 0 Å². The van der Waals surface area contributed by atoms with E-state index in [0.717, 1.165) is 25.0 Å². The molecule has 5 heteroatoms. The first-order valence-electron chi connectivity index (χ1n) is 6.20. The molecule has 1 heterocycles. The molecule has 0 spiro atoms. The van der Waals surface area contributed by atoms with Gasteiger partial charge in [-0.1, -0.05) is 6.92 Å². The zero-order valence-corrected chi connectivity index (χ0v) is 11.0. The molecule has 0 amide bonds. The molecule has 3 N–H and O–H groups in total. The average Bonchev–Trinajstić information content (AvgIpc) is 2.81. The number of hydrogen-bond acceptors (Lipinski definition) is 4. The maximum absolute atomic E-state index is 5.51. The summed E-state index contributed by atoms with van der Waals surface area (Å²) >= 11 is 0. The van der Waals surface area contributed by atoms with Crippen molar-refractivity contribution < 1.29 is 4.74 Å². The number of hydrogen-bond donors (Lipinski definition) is 2. The van der Waals surface area contributed by atoms with Gasteiger partial charge < -0.3 is 4.74 Å². The number of aromatic nitrogens is 2. The summed E-state index contributed by atoms with van der Waals surface area (Å²) in [5.74, 6) is 5.51. The molecule has 0 fully saturated rings. The summed E-state index contributed by atoms with van der Waals surface area (Å²) in [6.07, 6.45) is 4.85. The van der Waals surface area contributed by atoms with Crippen LogP contribution in [0.5, 0.6) is 0 Å². The molecule has 0 aliphatic heterocycles. The van der Waals surface area contributed by atoms with E-state index < -0.39 is 0 Å². The van der Waals surface area contributed by atoms with Crippen molar-refractivity contribution in [2.45, 2.75) is 45.2 Å². The second-order valence-corrected chi connectivity index (χ2v) is 4.39. The first-order chi connectivity index (χ1) is 8.21. The maximum atomic E-state index is 5.51. The van der Waals surface area contributed by atoms with Gasteiger partial charge in [-0.3, -0.25) is 16.0 Å². The lowest BCUT2D eigenvalue weighted by molar-refractivity contribution is 0.182. The van der Waals surface area contributed by atoms with E-state index in [-0.39, 0.29) is 6.04 Å². The Morgan fingerprint density at radius 2 is 2.35 bits per heavy atom. The molecule has 0 aliphatic carbocycles. The predicted octanol–water partition coefficient (Wildman–Crippen LogP) is 1.26. The van der Waals surface area contributed by atoms with E-state index in [2.05, 4.69) is 30.4 Å². The van der Waals surface area contributed by atoms with E-state index in [0.29, 0.717) is 12.6 Å². The van der Waals surface area contributed by atoms with Crippen LogP contribution in [-0.2, 0) is 11.2 Å². The number of nitrogens with zero attached hydrogens (tertiary/aromatic N) is 2. The summed E-state index contributed by atoms with van der Waals surface area (Å²) in [6, 6.07) is 2.73. The quantitative estimate of drug-likeness (QED) is 0.530. The first-order valence-corrected chi connectivity index (χ1v) is 6.20. The van der Waals surface area contributed by atoms with Crippen molar-refractivity contribution in [1.82, 2.24) is 15.2 Å². The summed E-state index contributed by atoms with van der Waals surface area (Å²) in [5, 5.41) is 4.56. The van der Waals surface area contributed by atoms with Crippen LogP contribution in [0.4, 0.5) is 0 Å². The fourth-order valence-corrected chi connectivity index (χ4v) is 1.68. The van der Waals surface area contributed by atoms with Crippen LogP contribution in [0.1, 0.15) is 38.4 Å². The van der Waals surface area contributed by atoms with Crippen LogP contribution in [0.3, 0.4) is 0 Å². The van der Waals surface area contributed by atoms with Gasteiger partial charge in [-0.2, -0.15) is 5.10 Å². The number of nitrogens with two attached hydrogens (primary N) is 1. The topological polar surface area (TPSA) is 65.1 Å². The molecule has 0 saturated carbocycles. The van der Waals surface area contributed by atoms with Gasteiger partial charge in [0.1, 0.15) is 0 Å². The Morgan fingerprint density at radius 3 is 2.94 bits per heavy atom. The van der Waals surface area contributed by atoms with Crippen LogP contribution in [-0.4, -0.2) is 29.5 Å². The van der Waals surface area contributed by atoms with Crippen molar-refractivity contribution in [2.24, 2.45) is 5.84 Å². The molecular formula is C12H24N4O. The van der Waals surface area contributed by atoms with Crippen LogP contribution in [0.2, 0.25) is 0 Å². The fraction of sp³-hybridized carbons (Fsp3) is 0.750. The summed E-state index contributed by atoms with van der Waals surface area (Å²) in [5.41, 5.74) is 3.88. The molecule has 5 nitrogen and oxygen atoms in total. The Bertz CT molecular complexity index is 313. The molecule has 17 heavy (non-hydrogen) atoms. The monoisotopic (exact) mass is 240 g/mol. The van der Waals surface area contributed by atoms with Crippen molar-refractivity contribution in [3.8, 4) is 0 Å². The summed E-state index contributed by atoms with van der Waals surface area (Å²) < 4.78 is 7.06. The average molecular weight is 240 g/mol. The van der Waals surface area contributed by atoms with Crippen molar-refractivity contribution in [2.75, 3.05) is 13.7 Å². The van der Waals surface area contributed by atoms with Crippen molar-refractivity contribution in [3.05, 3.63) is 18.0 Å². The minimum atomic E-state index is 0.218. The SMILES string of the molecule is CCC(C)n1ccc(CC(CCOC)NN)n1.